The highest BCUT2D eigenvalue weighted by atomic mass is 32.2. The summed E-state index contributed by atoms with van der Waals surface area (Å²) < 4.78 is 41.8. The number of hydrogen-bond donors (Lipinski definition) is 2. The summed E-state index contributed by atoms with van der Waals surface area (Å²) in [5, 5.41) is 10.1. The lowest BCUT2D eigenvalue weighted by Gasteiger charge is -2.11. The number of phenolic OH excluding ortho intramolecular Hbond substituents is 1. The first kappa shape index (κ1) is 15.3. The molecule has 0 saturated heterocycles. The fourth-order valence-corrected chi connectivity index (χ4v) is 2.74. The highest BCUT2D eigenvalue weighted by Gasteiger charge is 2.18. The predicted octanol–water partition coefficient (Wildman–Crippen LogP) is 1.75. The van der Waals surface area contributed by atoms with Gasteiger partial charge < -0.3 is 14.6 Å². The van der Waals surface area contributed by atoms with E-state index in [1.807, 2.05) is 0 Å². The zero-order valence-corrected chi connectivity index (χ0v) is 13.0. The molecule has 9 heteroatoms. The lowest BCUT2D eigenvalue weighted by molar-refractivity contribution is 0.342. The van der Waals surface area contributed by atoms with Crippen molar-refractivity contribution in [1.82, 2.24) is 9.97 Å². The van der Waals surface area contributed by atoms with Gasteiger partial charge in [-0.05, 0) is 18.2 Å². The van der Waals surface area contributed by atoms with E-state index >= 15 is 0 Å². The summed E-state index contributed by atoms with van der Waals surface area (Å²) in [4.78, 5) is 8.33. The molecule has 0 aliphatic rings. The maximum atomic E-state index is 11.2. The van der Waals surface area contributed by atoms with Crippen molar-refractivity contribution in [3.8, 4) is 17.2 Å². The van der Waals surface area contributed by atoms with Crippen LogP contribution in [-0.4, -0.2) is 42.3 Å². The summed E-state index contributed by atoms with van der Waals surface area (Å²) in [6.07, 6.45) is 0. The van der Waals surface area contributed by atoms with E-state index < -0.39 is 10.1 Å². The first-order valence-electron chi connectivity index (χ1n) is 6.38. The van der Waals surface area contributed by atoms with Crippen LogP contribution in [0, 0.1) is 0 Å². The number of methoxy groups -OCH3 is 2. The van der Waals surface area contributed by atoms with Gasteiger partial charge in [0, 0.05) is 6.07 Å². The zero-order chi connectivity index (χ0) is 16.8. The molecule has 3 rings (SSSR count). The van der Waals surface area contributed by atoms with Gasteiger partial charge in [0.15, 0.2) is 11.5 Å². The SMILES string of the molecule is COc1cc2nc3ccc(S(=O)(=O)O)cc3nc2c(OC)c1O. The van der Waals surface area contributed by atoms with Crippen molar-refractivity contribution in [2.24, 2.45) is 0 Å². The smallest absolute Gasteiger partial charge is 0.294 e. The van der Waals surface area contributed by atoms with Gasteiger partial charge in [-0.1, -0.05) is 0 Å². The van der Waals surface area contributed by atoms with Crippen LogP contribution in [-0.2, 0) is 10.1 Å². The molecule has 8 nitrogen and oxygen atoms in total. The van der Waals surface area contributed by atoms with Crippen LogP contribution in [0.25, 0.3) is 22.1 Å². The van der Waals surface area contributed by atoms with Crippen molar-refractivity contribution in [3.63, 3.8) is 0 Å². The minimum Gasteiger partial charge on any atom is -0.502 e. The number of rotatable bonds is 3. The Morgan fingerprint density at radius 2 is 1.74 bits per heavy atom. The standard InChI is InChI=1S/C14H12N2O6S/c1-21-11-6-10-12(14(22-2)13(11)17)16-9-5-7(23(18,19)20)3-4-8(9)15-10/h3-6,17H,1-2H3,(H,18,19,20). The van der Waals surface area contributed by atoms with Crippen LogP contribution in [0.4, 0.5) is 0 Å². The molecule has 0 amide bonds. The van der Waals surface area contributed by atoms with Crippen molar-refractivity contribution in [1.29, 1.82) is 0 Å². The van der Waals surface area contributed by atoms with E-state index in [2.05, 4.69) is 9.97 Å². The molecule has 0 atom stereocenters. The molecule has 1 heterocycles. The maximum absolute atomic E-state index is 11.2. The van der Waals surface area contributed by atoms with Crippen LogP contribution < -0.4 is 9.47 Å². The Hall–Kier alpha value is -2.65. The van der Waals surface area contributed by atoms with Gasteiger partial charge >= 0.3 is 0 Å². The molecule has 0 aliphatic heterocycles. The Morgan fingerprint density at radius 1 is 1.00 bits per heavy atom. The molecular weight excluding hydrogens is 324 g/mol. The monoisotopic (exact) mass is 336 g/mol. The van der Waals surface area contributed by atoms with Gasteiger partial charge in [-0.15, -0.1) is 0 Å². The number of fused-ring (bicyclic) bond motifs is 2. The molecule has 0 fully saturated rings. The van der Waals surface area contributed by atoms with Gasteiger partial charge in [0.25, 0.3) is 10.1 Å². The van der Waals surface area contributed by atoms with E-state index in [-0.39, 0.29) is 33.2 Å². The number of phenols is 1. The van der Waals surface area contributed by atoms with E-state index in [1.165, 1.54) is 38.5 Å². The van der Waals surface area contributed by atoms with Crippen LogP contribution in [0.5, 0.6) is 17.2 Å². The van der Waals surface area contributed by atoms with Crippen molar-refractivity contribution in [2.45, 2.75) is 4.90 Å². The average Bonchev–Trinajstić information content (AvgIpc) is 2.51. The highest BCUT2D eigenvalue weighted by Crippen LogP contribution is 2.41. The first-order chi connectivity index (χ1) is 10.8. The molecule has 0 unspecified atom stereocenters. The second kappa shape index (κ2) is 5.21. The van der Waals surface area contributed by atoms with Crippen LogP contribution in [0.15, 0.2) is 29.2 Å². The normalized spacial score (nSPS) is 11.8. The fraction of sp³-hybridized carbons (Fsp3) is 0.143. The molecule has 2 aromatic carbocycles. The van der Waals surface area contributed by atoms with E-state index in [1.54, 1.807) is 0 Å². The van der Waals surface area contributed by atoms with Gasteiger partial charge in [-0.25, -0.2) is 9.97 Å². The van der Waals surface area contributed by atoms with Crippen LogP contribution in [0.1, 0.15) is 0 Å². The third-order valence-corrected chi connectivity index (χ3v) is 4.17. The second-order valence-corrected chi connectivity index (χ2v) is 6.10. The quantitative estimate of drug-likeness (QED) is 0.548. The number of aromatic nitrogens is 2. The van der Waals surface area contributed by atoms with Crippen LogP contribution >= 0.6 is 0 Å². The highest BCUT2D eigenvalue weighted by molar-refractivity contribution is 7.85. The van der Waals surface area contributed by atoms with E-state index in [4.69, 9.17) is 14.0 Å². The summed E-state index contributed by atoms with van der Waals surface area (Å²) in [6.45, 7) is 0. The lowest BCUT2D eigenvalue weighted by Crippen LogP contribution is -1.99. The predicted molar refractivity (Wildman–Crippen MR) is 81.6 cm³/mol. The Labute approximate surface area is 131 Å². The minimum absolute atomic E-state index is 0.0611. The van der Waals surface area contributed by atoms with Crippen molar-refractivity contribution >= 4 is 32.2 Å². The number of ether oxygens (including phenoxy) is 2. The average molecular weight is 336 g/mol. The van der Waals surface area contributed by atoms with Gasteiger partial charge in [-0.2, -0.15) is 8.42 Å². The Morgan fingerprint density at radius 3 is 2.35 bits per heavy atom. The van der Waals surface area contributed by atoms with Crippen LogP contribution in [0.3, 0.4) is 0 Å². The number of hydrogen-bond acceptors (Lipinski definition) is 7. The van der Waals surface area contributed by atoms with Crippen LogP contribution in [0.2, 0.25) is 0 Å². The Kier molecular flexibility index (Phi) is 3.46. The minimum atomic E-state index is -4.35. The summed E-state index contributed by atoms with van der Waals surface area (Å²) in [7, 11) is -1.60. The fourth-order valence-electron chi connectivity index (χ4n) is 2.24. The molecule has 120 valence electrons. The lowest BCUT2D eigenvalue weighted by atomic mass is 10.2. The van der Waals surface area contributed by atoms with Crippen molar-refractivity contribution in [3.05, 3.63) is 24.3 Å². The third-order valence-electron chi connectivity index (χ3n) is 3.32. The van der Waals surface area contributed by atoms with Gasteiger partial charge in [0.05, 0.1) is 35.7 Å². The Balaban J connectivity index is 2.40. The third kappa shape index (κ3) is 2.49. The zero-order valence-electron chi connectivity index (χ0n) is 12.1. The Bertz CT molecular complexity index is 1030. The molecule has 0 spiro atoms. The van der Waals surface area contributed by atoms with Gasteiger partial charge in [-0.3, -0.25) is 4.55 Å². The van der Waals surface area contributed by atoms with E-state index in [0.717, 1.165) is 0 Å². The molecule has 23 heavy (non-hydrogen) atoms. The molecule has 0 bridgehead atoms. The summed E-state index contributed by atoms with van der Waals surface area (Å²) >= 11 is 0. The summed E-state index contributed by atoms with van der Waals surface area (Å²) in [5.74, 6) is 0.00523. The van der Waals surface area contributed by atoms with E-state index in [9.17, 15) is 13.5 Å². The number of benzene rings is 2. The molecule has 0 radical (unpaired) electrons. The van der Waals surface area contributed by atoms with Gasteiger partial charge in [0.1, 0.15) is 5.52 Å². The van der Waals surface area contributed by atoms with Crippen molar-refractivity contribution < 1.29 is 27.6 Å². The molecule has 3 aromatic rings. The summed E-state index contributed by atoms with van der Waals surface area (Å²) in [5.41, 5.74) is 1.30. The van der Waals surface area contributed by atoms with E-state index in [0.29, 0.717) is 11.0 Å². The first-order valence-corrected chi connectivity index (χ1v) is 7.82. The van der Waals surface area contributed by atoms with Crippen molar-refractivity contribution in [2.75, 3.05) is 14.2 Å². The molecular formula is C14H12N2O6S. The van der Waals surface area contributed by atoms with Gasteiger partial charge in [0.2, 0.25) is 5.75 Å². The maximum Gasteiger partial charge on any atom is 0.294 e. The number of nitrogens with zero attached hydrogens (tertiary/aromatic N) is 2. The largest absolute Gasteiger partial charge is 0.502 e. The molecule has 0 saturated carbocycles. The number of aromatic hydroxyl groups is 1. The summed E-state index contributed by atoms with van der Waals surface area (Å²) in [6, 6.07) is 5.35. The molecule has 1 aromatic heterocycles. The topological polar surface area (TPSA) is 119 Å². The second-order valence-electron chi connectivity index (χ2n) is 4.68. The molecule has 0 aliphatic carbocycles. The molecule has 2 N–H and O–H groups in total.